The number of aromatic nitrogens is 1. The van der Waals surface area contributed by atoms with E-state index in [1.165, 1.54) is 11.5 Å². The molecule has 0 aliphatic carbocycles. The summed E-state index contributed by atoms with van der Waals surface area (Å²) in [6.45, 7) is 6.94. The molecule has 2 rings (SSSR count). The summed E-state index contributed by atoms with van der Waals surface area (Å²) < 4.78 is 1.44. The molecule has 0 aliphatic heterocycles. The van der Waals surface area contributed by atoms with E-state index in [1.54, 1.807) is 24.3 Å². The van der Waals surface area contributed by atoms with Crippen molar-refractivity contribution < 1.29 is 19.5 Å². The van der Waals surface area contributed by atoms with Gasteiger partial charge in [0.15, 0.2) is 0 Å². The molecule has 5 nitrogen and oxygen atoms in total. The molecule has 21 heavy (non-hydrogen) atoms. The van der Waals surface area contributed by atoms with E-state index in [0.29, 0.717) is 16.6 Å². The second-order valence-corrected chi connectivity index (χ2v) is 5.98. The van der Waals surface area contributed by atoms with Crippen LogP contribution in [0.4, 0.5) is 0 Å². The number of benzene rings is 1. The zero-order chi connectivity index (χ0) is 15.9. The lowest BCUT2D eigenvalue weighted by atomic mass is 9.87. The maximum atomic E-state index is 12.1. The molecule has 5 heteroatoms. The minimum Gasteiger partial charge on any atom is -0.475 e. The number of carbonyl (C=O) groups excluding carboxylic acids is 2. The van der Waals surface area contributed by atoms with E-state index in [0.717, 1.165) is 0 Å². The maximum Gasteiger partial charge on any atom is 0.377 e. The number of carboxylic acids is 1. The fourth-order valence-corrected chi connectivity index (χ4v) is 2.61. The number of Topliss-reactive ketones (excluding diaryl/α,β-unsaturated/α-hetero) is 1. The fourth-order valence-electron chi connectivity index (χ4n) is 2.61. The molecular weight excluding hydrogens is 270 g/mol. The number of aliphatic carboxylic acids is 1. The first-order chi connectivity index (χ1) is 9.66. The molecule has 0 fully saturated rings. The van der Waals surface area contributed by atoms with Gasteiger partial charge in [-0.3, -0.25) is 14.2 Å². The van der Waals surface area contributed by atoms with E-state index in [9.17, 15) is 14.4 Å². The van der Waals surface area contributed by atoms with E-state index < -0.39 is 17.2 Å². The van der Waals surface area contributed by atoms with Gasteiger partial charge >= 0.3 is 5.97 Å². The molecule has 0 atom stereocenters. The van der Waals surface area contributed by atoms with Gasteiger partial charge in [-0.25, -0.2) is 4.79 Å². The Labute approximate surface area is 122 Å². The molecule has 0 saturated carbocycles. The first-order valence-electron chi connectivity index (χ1n) is 6.58. The van der Waals surface area contributed by atoms with Crippen LogP contribution in [0.2, 0.25) is 0 Å². The molecule has 0 bridgehead atoms. The van der Waals surface area contributed by atoms with Crippen LogP contribution >= 0.6 is 0 Å². The van der Waals surface area contributed by atoms with Crippen LogP contribution < -0.4 is 0 Å². The molecule has 1 aromatic heterocycles. The normalized spacial score (nSPS) is 11.6. The van der Waals surface area contributed by atoms with Crippen LogP contribution in [-0.2, 0) is 10.2 Å². The van der Waals surface area contributed by atoms with Gasteiger partial charge in [-0.1, -0.05) is 39.0 Å². The van der Waals surface area contributed by atoms with Gasteiger partial charge in [0.2, 0.25) is 5.91 Å². The fraction of sp³-hybridized carbons (Fsp3) is 0.312. The number of ketones is 1. The quantitative estimate of drug-likeness (QED) is 0.680. The number of fused-ring (bicyclic) bond motifs is 1. The minimum atomic E-state index is -1.52. The largest absolute Gasteiger partial charge is 0.475 e. The lowest BCUT2D eigenvalue weighted by Crippen LogP contribution is -2.25. The first-order valence-corrected chi connectivity index (χ1v) is 6.58. The molecule has 0 aliphatic rings. The highest BCUT2D eigenvalue weighted by Gasteiger charge is 2.33. The first kappa shape index (κ1) is 15.0. The number of carbonyl (C=O) groups is 3. The third kappa shape index (κ3) is 2.35. The van der Waals surface area contributed by atoms with E-state index in [1.807, 2.05) is 20.8 Å². The molecule has 1 N–H and O–H groups in total. The number of hydrogen-bond donors (Lipinski definition) is 1. The molecule has 0 unspecified atom stereocenters. The van der Waals surface area contributed by atoms with Crippen molar-refractivity contribution in [1.82, 2.24) is 4.57 Å². The number of rotatable bonds is 2. The van der Waals surface area contributed by atoms with Crippen LogP contribution in [-0.4, -0.2) is 27.3 Å². The molecule has 0 spiro atoms. The van der Waals surface area contributed by atoms with E-state index in [4.69, 9.17) is 5.11 Å². The molecule has 110 valence electrons. The monoisotopic (exact) mass is 287 g/mol. The SMILES string of the molecule is CC(=O)n1c(C(C)(C)C)c(C(=O)C(=O)O)c2ccccc21. The van der Waals surface area contributed by atoms with Gasteiger partial charge in [0.25, 0.3) is 5.78 Å². The topological polar surface area (TPSA) is 76.4 Å². The maximum absolute atomic E-state index is 12.1. The predicted molar refractivity (Wildman–Crippen MR) is 78.9 cm³/mol. The minimum absolute atomic E-state index is 0.0980. The lowest BCUT2D eigenvalue weighted by molar-refractivity contribution is -0.131. The Morgan fingerprint density at radius 2 is 1.67 bits per heavy atom. The molecule has 1 aromatic carbocycles. The summed E-state index contributed by atoms with van der Waals surface area (Å²) in [5.74, 6) is -2.76. The smallest absolute Gasteiger partial charge is 0.377 e. The Balaban J connectivity index is 3.04. The molecule has 0 saturated heterocycles. The number of carboxylic acid groups (broad SMARTS) is 1. The number of hydrogen-bond acceptors (Lipinski definition) is 3. The Hall–Kier alpha value is -2.43. The van der Waals surface area contributed by atoms with E-state index >= 15 is 0 Å². The van der Waals surface area contributed by atoms with Gasteiger partial charge < -0.3 is 5.11 Å². The predicted octanol–water partition coefficient (Wildman–Crippen LogP) is 2.87. The average Bonchev–Trinajstić information content (AvgIpc) is 2.72. The van der Waals surface area contributed by atoms with Crippen molar-refractivity contribution in [2.75, 3.05) is 0 Å². The Kier molecular flexibility index (Phi) is 3.45. The summed E-state index contributed by atoms with van der Waals surface area (Å²) in [4.78, 5) is 35.3. The number of para-hydroxylation sites is 1. The Morgan fingerprint density at radius 1 is 1.10 bits per heavy atom. The number of nitrogens with zero attached hydrogens (tertiary/aromatic N) is 1. The summed E-state index contributed by atoms with van der Waals surface area (Å²) in [5.41, 5.74) is 0.537. The zero-order valence-electron chi connectivity index (χ0n) is 12.4. The lowest BCUT2D eigenvalue weighted by Gasteiger charge is -2.22. The summed E-state index contributed by atoms with van der Waals surface area (Å²) in [6.07, 6.45) is 0. The highest BCUT2D eigenvalue weighted by Crippen LogP contribution is 2.34. The van der Waals surface area contributed by atoms with Crippen molar-refractivity contribution in [3.63, 3.8) is 0 Å². The van der Waals surface area contributed by atoms with Crippen molar-refractivity contribution in [2.45, 2.75) is 33.1 Å². The molecular formula is C16H17NO4. The zero-order valence-corrected chi connectivity index (χ0v) is 12.4. The Bertz CT molecular complexity index is 762. The van der Waals surface area contributed by atoms with Gasteiger partial charge in [-0.15, -0.1) is 0 Å². The van der Waals surface area contributed by atoms with E-state index in [-0.39, 0.29) is 11.5 Å². The average molecular weight is 287 g/mol. The molecule has 0 radical (unpaired) electrons. The van der Waals surface area contributed by atoms with Crippen LogP contribution in [0.5, 0.6) is 0 Å². The van der Waals surface area contributed by atoms with E-state index in [2.05, 4.69) is 0 Å². The van der Waals surface area contributed by atoms with Crippen molar-refractivity contribution in [3.05, 3.63) is 35.5 Å². The van der Waals surface area contributed by atoms with Crippen LogP contribution in [0, 0.1) is 0 Å². The van der Waals surface area contributed by atoms with Crippen LogP contribution in [0.1, 0.15) is 48.5 Å². The second-order valence-electron chi connectivity index (χ2n) is 5.98. The van der Waals surface area contributed by atoms with Crippen molar-refractivity contribution in [3.8, 4) is 0 Å². The van der Waals surface area contributed by atoms with Crippen LogP contribution in [0.15, 0.2) is 24.3 Å². The van der Waals surface area contributed by atoms with Crippen LogP contribution in [0.25, 0.3) is 10.9 Å². The van der Waals surface area contributed by atoms with Crippen molar-refractivity contribution >= 4 is 28.6 Å². The summed E-state index contributed by atoms with van der Waals surface area (Å²) in [5, 5.41) is 9.58. The summed E-state index contributed by atoms with van der Waals surface area (Å²) in [6, 6.07) is 6.85. The summed E-state index contributed by atoms with van der Waals surface area (Å²) in [7, 11) is 0. The molecule has 0 amide bonds. The van der Waals surface area contributed by atoms with Gasteiger partial charge in [-0.05, 0) is 6.07 Å². The summed E-state index contributed by atoms with van der Waals surface area (Å²) >= 11 is 0. The van der Waals surface area contributed by atoms with Crippen LogP contribution in [0.3, 0.4) is 0 Å². The second kappa shape index (κ2) is 4.84. The highest BCUT2D eigenvalue weighted by molar-refractivity contribution is 6.43. The van der Waals surface area contributed by atoms with Crippen molar-refractivity contribution in [1.29, 1.82) is 0 Å². The van der Waals surface area contributed by atoms with Crippen molar-refractivity contribution in [2.24, 2.45) is 0 Å². The third-order valence-electron chi connectivity index (χ3n) is 3.32. The third-order valence-corrected chi connectivity index (χ3v) is 3.32. The Morgan fingerprint density at radius 3 is 2.14 bits per heavy atom. The van der Waals surface area contributed by atoms with Gasteiger partial charge in [0.05, 0.1) is 11.1 Å². The molecule has 2 aromatic rings. The standard InChI is InChI=1S/C16H17NO4/c1-9(18)17-11-8-6-5-7-10(11)12(13(19)15(20)21)14(17)16(2,3)4/h5-8H,1-4H3,(H,20,21). The van der Waals surface area contributed by atoms with Gasteiger partial charge in [-0.2, -0.15) is 0 Å². The highest BCUT2D eigenvalue weighted by atomic mass is 16.4. The molecule has 1 heterocycles. The van der Waals surface area contributed by atoms with Gasteiger partial charge in [0.1, 0.15) is 0 Å². The van der Waals surface area contributed by atoms with Gasteiger partial charge in [0, 0.05) is 23.4 Å².